The third-order valence-electron chi connectivity index (χ3n) is 13.7. The molecule has 0 heterocycles. The summed E-state index contributed by atoms with van der Waals surface area (Å²) in [5, 5.41) is 21.5. The van der Waals surface area contributed by atoms with Gasteiger partial charge in [0.1, 0.15) is 0 Å². The zero-order valence-electron chi connectivity index (χ0n) is 25.1. The molecule has 1 unspecified atom stereocenters. The van der Waals surface area contributed by atoms with Gasteiger partial charge in [0.2, 0.25) is 0 Å². The molecular weight excluding hydrogens is 476 g/mol. The Balaban J connectivity index is 1.56. The van der Waals surface area contributed by atoms with Gasteiger partial charge in [0.15, 0.2) is 6.79 Å². The lowest BCUT2D eigenvalue weighted by molar-refractivity contribution is -0.212. The predicted octanol–water partition coefficient (Wildman–Crippen LogP) is 6.51. The first-order valence-corrected chi connectivity index (χ1v) is 15.6. The fraction of sp³-hybridized carbons (Fsp3) is 0.909. The summed E-state index contributed by atoms with van der Waals surface area (Å²) >= 11 is 0. The standard InChI is InChI=1S/C33H54O5/c1-8-37-20-38-28(36)33-14-11-21(2)22(3)27(33)24-9-10-26-30(5)18-23(35)17-29(4,19-34)25(30)12-13-32(26,7)31(24,6)15-16-33/h9,21-23,25-27,34-35H,8,10-20H2,1-7H3/t21-,22+,23-,25+,26-,27+,29+,30+,31-,32-,33?/m1/s1. The highest BCUT2D eigenvalue weighted by molar-refractivity contribution is 5.78. The second kappa shape index (κ2) is 9.58. The van der Waals surface area contributed by atoms with E-state index in [4.69, 9.17) is 9.47 Å². The predicted molar refractivity (Wildman–Crippen MR) is 149 cm³/mol. The Hall–Kier alpha value is -0.910. The maximum absolute atomic E-state index is 13.8. The van der Waals surface area contributed by atoms with Gasteiger partial charge in [-0.1, -0.05) is 53.2 Å². The van der Waals surface area contributed by atoms with Gasteiger partial charge in [-0.05, 0) is 116 Å². The molecule has 0 saturated heterocycles. The lowest BCUT2D eigenvalue weighted by Crippen LogP contribution is -2.65. The topological polar surface area (TPSA) is 76.0 Å². The number of hydrogen-bond donors (Lipinski definition) is 2. The minimum Gasteiger partial charge on any atom is -0.438 e. The number of carbonyl (C=O) groups excluding carboxylic acids is 1. The molecule has 0 aromatic carbocycles. The molecule has 0 radical (unpaired) electrons. The summed E-state index contributed by atoms with van der Waals surface area (Å²) in [7, 11) is 0. The van der Waals surface area contributed by atoms with Crippen LogP contribution in [-0.2, 0) is 14.3 Å². The van der Waals surface area contributed by atoms with Gasteiger partial charge in [-0.2, -0.15) is 0 Å². The number of aliphatic hydroxyl groups excluding tert-OH is 2. The summed E-state index contributed by atoms with van der Waals surface area (Å²) in [6, 6.07) is 0. The zero-order chi connectivity index (χ0) is 27.7. The lowest BCUT2D eigenvalue weighted by Gasteiger charge is -2.71. The molecule has 5 aliphatic rings. The molecular formula is C33H54O5. The normalized spacial score (nSPS) is 52.1. The van der Waals surface area contributed by atoms with Gasteiger partial charge in [-0.15, -0.1) is 0 Å². The van der Waals surface area contributed by atoms with E-state index in [1.165, 1.54) is 5.57 Å². The van der Waals surface area contributed by atoms with Gasteiger partial charge in [0.25, 0.3) is 0 Å². The molecule has 38 heavy (non-hydrogen) atoms. The Bertz CT molecular complexity index is 961. The van der Waals surface area contributed by atoms with Crippen LogP contribution in [0.4, 0.5) is 0 Å². The van der Waals surface area contributed by atoms with E-state index in [9.17, 15) is 15.0 Å². The van der Waals surface area contributed by atoms with Crippen LogP contribution in [-0.4, -0.2) is 42.3 Å². The fourth-order valence-corrected chi connectivity index (χ4v) is 11.4. The average molecular weight is 531 g/mol. The van der Waals surface area contributed by atoms with Crippen molar-refractivity contribution in [1.29, 1.82) is 0 Å². The van der Waals surface area contributed by atoms with Crippen LogP contribution < -0.4 is 0 Å². The van der Waals surface area contributed by atoms with Gasteiger partial charge >= 0.3 is 5.97 Å². The van der Waals surface area contributed by atoms with Crippen molar-refractivity contribution in [3.05, 3.63) is 11.6 Å². The summed E-state index contributed by atoms with van der Waals surface area (Å²) in [6.07, 6.45) is 10.9. The van der Waals surface area contributed by atoms with Crippen molar-refractivity contribution >= 4 is 5.97 Å². The summed E-state index contributed by atoms with van der Waals surface area (Å²) < 4.78 is 11.2. The van der Waals surface area contributed by atoms with E-state index < -0.39 is 5.41 Å². The van der Waals surface area contributed by atoms with Gasteiger partial charge in [-0.3, -0.25) is 4.79 Å². The summed E-state index contributed by atoms with van der Waals surface area (Å²) in [5.74, 6) is 2.04. The van der Waals surface area contributed by atoms with Crippen LogP contribution in [0.25, 0.3) is 0 Å². The van der Waals surface area contributed by atoms with E-state index in [1.54, 1.807) is 0 Å². The second-order valence-electron chi connectivity index (χ2n) is 15.2. The van der Waals surface area contributed by atoms with Gasteiger partial charge in [0, 0.05) is 13.2 Å². The van der Waals surface area contributed by atoms with E-state index >= 15 is 0 Å². The molecule has 5 heteroatoms. The Morgan fingerprint density at radius 1 is 1.03 bits per heavy atom. The molecule has 0 amide bonds. The first kappa shape index (κ1) is 28.6. The molecule has 5 nitrogen and oxygen atoms in total. The molecule has 0 aliphatic heterocycles. The molecule has 5 aliphatic carbocycles. The number of fused-ring (bicyclic) bond motifs is 7. The largest absolute Gasteiger partial charge is 0.438 e. The fourth-order valence-electron chi connectivity index (χ4n) is 11.4. The van der Waals surface area contributed by atoms with Crippen LogP contribution in [0.1, 0.15) is 106 Å². The Morgan fingerprint density at radius 3 is 2.45 bits per heavy atom. The SMILES string of the molecule is CCOCOC(=O)C12CC[C@@H](C)[C@H](C)[C@H]1C1=CC[C@@H]3[C@@]4(C)C[C@H](O)C[C@@](C)(CO)[C@@H]4CC[C@@]3(C)[C@]1(C)CC2. The molecule has 216 valence electrons. The summed E-state index contributed by atoms with van der Waals surface area (Å²) in [6.45, 7) is 17.1. The Kier molecular flexibility index (Phi) is 7.22. The number of rotatable bonds is 5. The number of hydrogen-bond acceptors (Lipinski definition) is 5. The lowest BCUT2D eigenvalue weighted by atomic mass is 9.33. The molecule has 0 aromatic heterocycles. The number of esters is 1. The molecule has 2 N–H and O–H groups in total. The van der Waals surface area contributed by atoms with Crippen molar-refractivity contribution in [2.75, 3.05) is 20.0 Å². The quantitative estimate of drug-likeness (QED) is 0.183. The van der Waals surface area contributed by atoms with Crippen molar-refractivity contribution < 1.29 is 24.5 Å². The number of aliphatic hydroxyl groups is 2. The summed E-state index contributed by atoms with van der Waals surface area (Å²) in [5.41, 5.74) is 0.953. The highest BCUT2D eigenvalue weighted by atomic mass is 16.7. The molecule has 5 rings (SSSR count). The van der Waals surface area contributed by atoms with Crippen molar-refractivity contribution in [2.45, 2.75) is 112 Å². The van der Waals surface area contributed by atoms with Crippen molar-refractivity contribution in [3.8, 4) is 0 Å². The summed E-state index contributed by atoms with van der Waals surface area (Å²) in [4.78, 5) is 13.8. The Morgan fingerprint density at radius 2 is 1.76 bits per heavy atom. The van der Waals surface area contributed by atoms with E-state index in [-0.39, 0.29) is 53.1 Å². The average Bonchev–Trinajstić information content (AvgIpc) is 2.86. The molecule has 4 fully saturated rings. The van der Waals surface area contributed by atoms with Gasteiger partial charge in [0.05, 0.1) is 11.5 Å². The highest BCUT2D eigenvalue weighted by Gasteiger charge is 2.69. The monoisotopic (exact) mass is 530 g/mol. The highest BCUT2D eigenvalue weighted by Crippen LogP contribution is 2.75. The molecule has 0 spiro atoms. The number of carbonyl (C=O) groups is 1. The van der Waals surface area contributed by atoms with E-state index in [2.05, 4.69) is 47.6 Å². The van der Waals surface area contributed by atoms with E-state index in [0.29, 0.717) is 36.7 Å². The zero-order valence-corrected chi connectivity index (χ0v) is 25.1. The third-order valence-corrected chi connectivity index (χ3v) is 13.7. The van der Waals surface area contributed by atoms with Gasteiger partial charge < -0.3 is 19.7 Å². The van der Waals surface area contributed by atoms with Crippen LogP contribution in [0.3, 0.4) is 0 Å². The molecule has 0 aromatic rings. The van der Waals surface area contributed by atoms with Crippen molar-refractivity contribution in [1.82, 2.24) is 0 Å². The first-order valence-electron chi connectivity index (χ1n) is 15.6. The minimum absolute atomic E-state index is 0.0103. The van der Waals surface area contributed by atoms with Crippen LogP contribution in [0.15, 0.2) is 11.6 Å². The smallest absolute Gasteiger partial charge is 0.314 e. The maximum atomic E-state index is 13.8. The molecule has 0 bridgehead atoms. The second-order valence-corrected chi connectivity index (χ2v) is 15.2. The molecule has 4 saturated carbocycles. The van der Waals surface area contributed by atoms with Crippen LogP contribution in [0, 0.1) is 56.7 Å². The van der Waals surface area contributed by atoms with E-state index in [0.717, 1.165) is 51.4 Å². The van der Waals surface area contributed by atoms with Crippen molar-refractivity contribution in [3.63, 3.8) is 0 Å². The maximum Gasteiger partial charge on any atom is 0.314 e. The first-order chi connectivity index (χ1) is 17.8. The van der Waals surface area contributed by atoms with Crippen LogP contribution >= 0.6 is 0 Å². The number of ether oxygens (including phenoxy) is 2. The van der Waals surface area contributed by atoms with Crippen molar-refractivity contribution in [2.24, 2.45) is 56.7 Å². The third kappa shape index (κ3) is 3.76. The Labute approximate surface area is 231 Å². The van der Waals surface area contributed by atoms with E-state index in [1.807, 2.05) is 6.92 Å². The molecule has 11 atom stereocenters. The van der Waals surface area contributed by atoms with Crippen LogP contribution in [0.2, 0.25) is 0 Å². The minimum atomic E-state index is -0.449. The van der Waals surface area contributed by atoms with Gasteiger partial charge in [-0.25, -0.2) is 0 Å². The van der Waals surface area contributed by atoms with Crippen LogP contribution in [0.5, 0.6) is 0 Å². The number of allylic oxidation sites excluding steroid dienone is 2.